The Morgan fingerprint density at radius 1 is 1.16 bits per heavy atom. The van der Waals surface area contributed by atoms with Crippen molar-refractivity contribution in [3.05, 3.63) is 48.4 Å². The summed E-state index contributed by atoms with van der Waals surface area (Å²) in [6, 6.07) is 10.4. The number of rotatable bonds is 5. The van der Waals surface area contributed by atoms with E-state index in [0.29, 0.717) is 11.7 Å². The van der Waals surface area contributed by atoms with Gasteiger partial charge in [0.05, 0.1) is 12.4 Å². The van der Waals surface area contributed by atoms with E-state index in [4.69, 9.17) is 0 Å². The highest BCUT2D eigenvalue weighted by Crippen LogP contribution is 2.24. The van der Waals surface area contributed by atoms with Gasteiger partial charge in [-0.05, 0) is 44.7 Å². The summed E-state index contributed by atoms with van der Waals surface area (Å²) < 4.78 is 0. The summed E-state index contributed by atoms with van der Waals surface area (Å²) in [6.07, 6.45) is 7.68. The Balaban J connectivity index is 1.78. The van der Waals surface area contributed by atoms with Gasteiger partial charge in [-0.1, -0.05) is 25.1 Å². The van der Waals surface area contributed by atoms with Gasteiger partial charge in [0.2, 0.25) is 0 Å². The van der Waals surface area contributed by atoms with Gasteiger partial charge in [-0.3, -0.25) is 4.79 Å². The van der Waals surface area contributed by atoms with E-state index in [-0.39, 0.29) is 5.91 Å². The number of hydrogen-bond donors (Lipinski definition) is 0. The second-order valence-electron chi connectivity index (χ2n) is 6.40. The van der Waals surface area contributed by atoms with E-state index in [1.54, 1.807) is 12.4 Å². The molecule has 1 fully saturated rings. The molecule has 1 unspecified atom stereocenters. The maximum atomic E-state index is 12.8. The van der Waals surface area contributed by atoms with Gasteiger partial charge in [0, 0.05) is 24.8 Å². The minimum atomic E-state index is 0.00774. The van der Waals surface area contributed by atoms with E-state index in [1.807, 2.05) is 35.2 Å². The zero-order valence-corrected chi connectivity index (χ0v) is 15.1. The molecule has 1 aliphatic rings. The van der Waals surface area contributed by atoms with Crippen molar-refractivity contribution in [3.8, 4) is 0 Å². The fraction of sp³-hybridized carbons (Fsp3) is 0.450. The van der Waals surface area contributed by atoms with Crippen molar-refractivity contribution in [2.75, 3.05) is 18.0 Å². The third kappa shape index (κ3) is 3.81. The van der Waals surface area contributed by atoms with Gasteiger partial charge in [0.1, 0.15) is 5.69 Å². The quantitative estimate of drug-likeness (QED) is 0.825. The van der Waals surface area contributed by atoms with E-state index in [0.717, 1.165) is 43.9 Å². The molecule has 1 aromatic heterocycles. The summed E-state index contributed by atoms with van der Waals surface area (Å²) in [5.41, 5.74) is 1.51. The number of amides is 1. The first-order valence-corrected chi connectivity index (χ1v) is 9.20. The average Bonchev–Trinajstić information content (AvgIpc) is 2.69. The molecule has 0 bridgehead atoms. The fourth-order valence-electron chi connectivity index (χ4n) is 3.50. The number of benzene rings is 1. The maximum Gasteiger partial charge on any atom is 0.274 e. The zero-order chi connectivity index (χ0) is 17.6. The lowest BCUT2D eigenvalue weighted by Crippen LogP contribution is -2.43. The smallest absolute Gasteiger partial charge is 0.274 e. The van der Waals surface area contributed by atoms with Crippen molar-refractivity contribution in [3.63, 3.8) is 0 Å². The lowest BCUT2D eigenvalue weighted by Gasteiger charge is -2.35. The standard InChI is InChI=1S/C20H26N4O/c1-3-16-10-8-9-13-24(16)20(25)18-14-22-19(15-21-18)23(4-2)17-11-6-5-7-12-17/h5-7,11-12,14-16H,3-4,8-10,13H2,1-2H3. The summed E-state index contributed by atoms with van der Waals surface area (Å²) in [6.45, 7) is 5.83. The SMILES string of the molecule is CCC1CCCCN1C(=O)c1cnc(N(CC)c2ccccc2)cn1. The first-order chi connectivity index (χ1) is 12.2. The molecule has 2 heterocycles. The van der Waals surface area contributed by atoms with Crippen LogP contribution in [0.4, 0.5) is 11.5 Å². The molecule has 2 aromatic rings. The number of likely N-dealkylation sites (tertiary alicyclic amines) is 1. The van der Waals surface area contributed by atoms with Crippen molar-refractivity contribution < 1.29 is 4.79 Å². The van der Waals surface area contributed by atoms with Crippen LogP contribution in [-0.4, -0.2) is 39.9 Å². The van der Waals surface area contributed by atoms with Crippen molar-refractivity contribution in [1.29, 1.82) is 0 Å². The van der Waals surface area contributed by atoms with Crippen molar-refractivity contribution in [1.82, 2.24) is 14.9 Å². The molecule has 1 atom stereocenters. The van der Waals surface area contributed by atoms with Crippen LogP contribution in [0, 0.1) is 0 Å². The molecule has 1 aromatic carbocycles. The topological polar surface area (TPSA) is 49.3 Å². The fourth-order valence-corrected chi connectivity index (χ4v) is 3.50. The summed E-state index contributed by atoms with van der Waals surface area (Å²) >= 11 is 0. The highest BCUT2D eigenvalue weighted by molar-refractivity contribution is 5.92. The van der Waals surface area contributed by atoms with Gasteiger partial charge in [0.15, 0.2) is 5.82 Å². The van der Waals surface area contributed by atoms with Crippen LogP contribution >= 0.6 is 0 Å². The summed E-state index contributed by atoms with van der Waals surface area (Å²) in [7, 11) is 0. The predicted molar refractivity (Wildman–Crippen MR) is 100 cm³/mol. The van der Waals surface area contributed by atoms with Crippen LogP contribution in [0.5, 0.6) is 0 Å². The summed E-state index contributed by atoms with van der Waals surface area (Å²) in [5, 5.41) is 0. The molecule has 3 rings (SSSR count). The van der Waals surface area contributed by atoms with E-state index in [1.165, 1.54) is 6.42 Å². The Morgan fingerprint density at radius 2 is 1.96 bits per heavy atom. The van der Waals surface area contributed by atoms with Crippen LogP contribution in [0.2, 0.25) is 0 Å². The third-order valence-corrected chi connectivity index (χ3v) is 4.88. The molecule has 1 amide bonds. The number of anilines is 2. The Kier molecular flexibility index (Phi) is 5.64. The number of hydrogen-bond acceptors (Lipinski definition) is 4. The van der Waals surface area contributed by atoms with E-state index in [2.05, 4.69) is 28.7 Å². The highest BCUT2D eigenvalue weighted by atomic mass is 16.2. The highest BCUT2D eigenvalue weighted by Gasteiger charge is 2.27. The minimum absolute atomic E-state index is 0.00774. The largest absolute Gasteiger partial charge is 0.334 e. The van der Waals surface area contributed by atoms with E-state index >= 15 is 0 Å². The lowest BCUT2D eigenvalue weighted by molar-refractivity contribution is 0.0601. The summed E-state index contributed by atoms with van der Waals surface area (Å²) in [5.74, 6) is 0.768. The van der Waals surface area contributed by atoms with Gasteiger partial charge >= 0.3 is 0 Å². The number of carbonyl (C=O) groups excluding carboxylic acids is 1. The maximum absolute atomic E-state index is 12.8. The van der Waals surface area contributed by atoms with Gasteiger partial charge in [-0.2, -0.15) is 0 Å². The molecule has 5 heteroatoms. The normalized spacial score (nSPS) is 17.4. The number of carbonyl (C=O) groups is 1. The van der Waals surface area contributed by atoms with Crippen molar-refractivity contribution >= 4 is 17.4 Å². The van der Waals surface area contributed by atoms with Crippen LogP contribution < -0.4 is 4.90 Å². The molecule has 25 heavy (non-hydrogen) atoms. The molecule has 0 saturated carbocycles. The van der Waals surface area contributed by atoms with Crippen LogP contribution in [0.15, 0.2) is 42.7 Å². The molecule has 1 aliphatic heterocycles. The van der Waals surface area contributed by atoms with Crippen molar-refractivity contribution in [2.45, 2.75) is 45.6 Å². The summed E-state index contributed by atoms with van der Waals surface area (Å²) in [4.78, 5) is 25.8. The third-order valence-electron chi connectivity index (χ3n) is 4.88. The monoisotopic (exact) mass is 338 g/mol. The molecule has 132 valence electrons. The molecule has 1 saturated heterocycles. The van der Waals surface area contributed by atoms with Crippen LogP contribution in [-0.2, 0) is 0 Å². The second kappa shape index (κ2) is 8.10. The van der Waals surface area contributed by atoms with E-state index < -0.39 is 0 Å². The molecule has 5 nitrogen and oxygen atoms in total. The Bertz CT molecular complexity index is 687. The minimum Gasteiger partial charge on any atom is -0.334 e. The first kappa shape index (κ1) is 17.4. The van der Waals surface area contributed by atoms with Gasteiger partial charge in [-0.25, -0.2) is 9.97 Å². The van der Waals surface area contributed by atoms with Crippen molar-refractivity contribution in [2.24, 2.45) is 0 Å². The first-order valence-electron chi connectivity index (χ1n) is 9.20. The molecule has 0 aliphatic carbocycles. The molecule has 0 radical (unpaired) electrons. The van der Waals surface area contributed by atoms with Gasteiger partial charge in [0.25, 0.3) is 5.91 Å². The molecular weight excluding hydrogens is 312 g/mol. The Labute approximate surface area is 149 Å². The second-order valence-corrected chi connectivity index (χ2v) is 6.40. The van der Waals surface area contributed by atoms with Crippen LogP contribution in [0.3, 0.4) is 0 Å². The Morgan fingerprint density at radius 3 is 2.60 bits per heavy atom. The molecular formula is C20H26N4O. The number of nitrogens with zero attached hydrogens (tertiary/aromatic N) is 4. The Hall–Kier alpha value is -2.43. The van der Waals surface area contributed by atoms with Gasteiger partial charge < -0.3 is 9.80 Å². The number of piperidine rings is 1. The average molecular weight is 338 g/mol. The number of para-hydroxylation sites is 1. The zero-order valence-electron chi connectivity index (χ0n) is 15.1. The van der Waals surface area contributed by atoms with Gasteiger partial charge in [-0.15, -0.1) is 0 Å². The molecule has 0 spiro atoms. The molecule has 0 N–H and O–H groups in total. The van der Waals surface area contributed by atoms with Crippen LogP contribution in [0.1, 0.15) is 50.0 Å². The van der Waals surface area contributed by atoms with E-state index in [9.17, 15) is 4.79 Å². The predicted octanol–water partition coefficient (Wildman–Crippen LogP) is 4.04. The lowest BCUT2D eigenvalue weighted by atomic mass is 10.00. The van der Waals surface area contributed by atoms with Crippen LogP contribution in [0.25, 0.3) is 0 Å². The number of aromatic nitrogens is 2.